The summed E-state index contributed by atoms with van der Waals surface area (Å²) in [5.41, 5.74) is 6.78. The minimum Gasteiger partial charge on any atom is -0.486 e. The maximum Gasteiger partial charge on any atom is 0.322 e. The second-order valence-electron chi connectivity index (χ2n) is 10.4. The topological polar surface area (TPSA) is 73.6 Å². The number of carbonyl (C=O) groups excluding carboxylic acids is 1. The van der Waals surface area contributed by atoms with Crippen molar-refractivity contribution in [2.24, 2.45) is 0 Å². The summed E-state index contributed by atoms with van der Waals surface area (Å²) in [5.74, 6) is 2.26. The summed E-state index contributed by atoms with van der Waals surface area (Å²) in [7, 11) is 0. The molecule has 0 bridgehead atoms. The normalized spacial score (nSPS) is 15.6. The lowest BCUT2D eigenvalue weighted by Crippen LogP contribution is -2.38. The molecule has 0 saturated carbocycles. The highest BCUT2D eigenvalue weighted by atomic mass is 16.6. The van der Waals surface area contributed by atoms with E-state index in [0.717, 1.165) is 40.4 Å². The number of amides is 2. The van der Waals surface area contributed by atoms with Crippen molar-refractivity contribution >= 4 is 11.7 Å². The molecule has 1 atom stereocenters. The molecule has 41 heavy (non-hydrogen) atoms. The molecule has 5 aromatic rings. The highest BCUT2D eigenvalue weighted by Gasteiger charge is 2.36. The Morgan fingerprint density at radius 3 is 2.51 bits per heavy atom. The van der Waals surface area contributed by atoms with E-state index in [9.17, 15) is 4.79 Å². The molecule has 0 aliphatic carbocycles. The number of urea groups is 1. The van der Waals surface area contributed by atoms with Crippen molar-refractivity contribution in [2.75, 3.05) is 18.5 Å². The molecular formula is C33H31N5O3. The van der Waals surface area contributed by atoms with Crippen LogP contribution in [0.1, 0.15) is 41.0 Å². The number of nitrogens with one attached hydrogen (secondary N) is 1. The van der Waals surface area contributed by atoms with Gasteiger partial charge in [-0.05, 0) is 60.9 Å². The van der Waals surface area contributed by atoms with Gasteiger partial charge in [0.1, 0.15) is 19.0 Å². The summed E-state index contributed by atoms with van der Waals surface area (Å²) in [6.07, 6.45) is 3.01. The summed E-state index contributed by atoms with van der Waals surface area (Å²) >= 11 is 0. The van der Waals surface area contributed by atoms with Gasteiger partial charge in [0.15, 0.2) is 11.5 Å². The Morgan fingerprint density at radius 2 is 1.73 bits per heavy atom. The molecule has 2 aromatic heterocycles. The van der Waals surface area contributed by atoms with Crippen LogP contribution in [0.5, 0.6) is 11.5 Å². The second-order valence-corrected chi connectivity index (χ2v) is 10.4. The van der Waals surface area contributed by atoms with Crippen LogP contribution in [-0.2, 0) is 13.0 Å². The Labute approximate surface area is 238 Å². The Balaban J connectivity index is 1.35. The largest absolute Gasteiger partial charge is 0.486 e. The van der Waals surface area contributed by atoms with Crippen LogP contribution in [0.4, 0.5) is 10.5 Å². The van der Waals surface area contributed by atoms with Crippen LogP contribution < -0.4 is 14.8 Å². The number of ether oxygens (including phenoxy) is 2. The van der Waals surface area contributed by atoms with Gasteiger partial charge in [0.05, 0.1) is 29.7 Å². The van der Waals surface area contributed by atoms with Crippen molar-refractivity contribution in [3.05, 3.63) is 119 Å². The summed E-state index contributed by atoms with van der Waals surface area (Å²) in [4.78, 5) is 16.1. The first-order chi connectivity index (χ1) is 20.1. The third-order valence-corrected chi connectivity index (χ3v) is 7.84. The lowest BCUT2D eigenvalue weighted by molar-refractivity contribution is 0.171. The lowest BCUT2D eigenvalue weighted by Gasteiger charge is -2.31. The molecule has 1 N–H and O–H groups in total. The standard InChI is InChI=1S/C33H31N5O3/c1-3-23-11-13-24(14-12-23)31-28-10-7-17-36(28)32-27(22(2)35-38(32)26-8-5-4-6-9-26)21-37(31)33(39)34-25-15-16-29-30(20-25)41-19-18-40-29/h4-17,20,31H,3,18-19,21H2,1-2H3,(H,34,39)/t31-/m1/s1. The van der Waals surface area contributed by atoms with Gasteiger partial charge in [0, 0.05) is 23.5 Å². The first kappa shape index (κ1) is 25.0. The van der Waals surface area contributed by atoms with Gasteiger partial charge in [-0.2, -0.15) is 5.10 Å². The van der Waals surface area contributed by atoms with Crippen LogP contribution in [-0.4, -0.2) is 38.5 Å². The monoisotopic (exact) mass is 545 g/mol. The van der Waals surface area contributed by atoms with Crippen molar-refractivity contribution in [3.63, 3.8) is 0 Å². The number of hydrogen-bond acceptors (Lipinski definition) is 4. The van der Waals surface area contributed by atoms with Crippen LogP contribution in [0.3, 0.4) is 0 Å². The number of carbonyl (C=O) groups is 1. The molecule has 0 spiro atoms. The highest BCUT2D eigenvalue weighted by Crippen LogP contribution is 2.39. The zero-order chi connectivity index (χ0) is 27.9. The number of benzene rings is 3. The number of fused-ring (bicyclic) bond motifs is 4. The van der Waals surface area contributed by atoms with E-state index in [1.54, 1.807) is 0 Å². The minimum atomic E-state index is -0.329. The number of rotatable bonds is 4. The van der Waals surface area contributed by atoms with E-state index in [1.165, 1.54) is 5.56 Å². The summed E-state index contributed by atoms with van der Waals surface area (Å²) < 4.78 is 15.6. The molecule has 0 unspecified atom stereocenters. The first-order valence-corrected chi connectivity index (χ1v) is 14.0. The van der Waals surface area contributed by atoms with E-state index in [0.29, 0.717) is 36.9 Å². The van der Waals surface area contributed by atoms with Crippen molar-refractivity contribution in [1.29, 1.82) is 0 Å². The zero-order valence-electron chi connectivity index (χ0n) is 23.1. The molecule has 0 radical (unpaired) electrons. The Kier molecular flexibility index (Phi) is 6.23. The van der Waals surface area contributed by atoms with Crippen LogP contribution in [0, 0.1) is 6.92 Å². The number of para-hydroxylation sites is 1. The SMILES string of the molecule is CCc1ccc([C@@H]2c3cccn3-c3c(c(C)nn3-c3ccccc3)CN2C(=O)Nc2ccc3c(c2)OCCO3)cc1. The molecule has 3 aromatic carbocycles. The van der Waals surface area contributed by atoms with Gasteiger partial charge in [-0.1, -0.05) is 49.4 Å². The van der Waals surface area contributed by atoms with Crippen LogP contribution in [0.25, 0.3) is 11.5 Å². The smallest absolute Gasteiger partial charge is 0.322 e. The maximum absolute atomic E-state index is 14.2. The fourth-order valence-corrected chi connectivity index (χ4v) is 5.75. The van der Waals surface area contributed by atoms with Crippen molar-refractivity contribution in [2.45, 2.75) is 32.9 Å². The minimum absolute atomic E-state index is 0.210. The fraction of sp³-hybridized carbons (Fsp3) is 0.212. The average molecular weight is 546 g/mol. The molecule has 8 nitrogen and oxygen atoms in total. The number of hydrogen-bond donors (Lipinski definition) is 1. The summed E-state index contributed by atoms with van der Waals surface area (Å²) in [6.45, 7) is 5.54. The van der Waals surface area contributed by atoms with Crippen molar-refractivity contribution in [3.8, 4) is 23.0 Å². The van der Waals surface area contributed by atoms with Gasteiger partial charge in [0.25, 0.3) is 0 Å². The molecule has 0 saturated heterocycles. The molecule has 8 heteroatoms. The second kappa shape index (κ2) is 10.2. The third-order valence-electron chi connectivity index (χ3n) is 7.84. The van der Waals surface area contributed by atoms with Gasteiger partial charge < -0.3 is 24.3 Å². The van der Waals surface area contributed by atoms with Gasteiger partial charge in [0.2, 0.25) is 0 Å². The maximum atomic E-state index is 14.2. The average Bonchev–Trinajstić information content (AvgIpc) is 3.58. The lowest BCUT2D eigenvalue weighted by atomic mass is 9.99. The van der Waals surface area contributed by atoms with E-state index >= 15 is 0 Å². The van der Waals surface area contributed by atoms with Crippen LogP contribution >= 0.6 is 0 Å². The summed E-state index contributed by atoms with van der Waals surface area (Å²) in [5, 5.41) is 8.07. The fourth-order valence-electron chi connectivity index (χ4n) is 5.75. The van der Waals surface area contributed by atoms with E-state index in [2.05, 4.69) is 53.3 Å². The molecule has 0 fully saturated rings. The van der Waals surface area contributed by atoms with Gasteiger partial charge in [-0.3, -0.25) is 0 Å². The van der Waals surface area contributed by atoms with Gasteiger partial charge >= 0.3 is 6.03 Å². The predicted molar refractivity (Wildman–Crippen MR) is 157 cm³/mol. The first-order valence-electron chi connectivity index (χ1n) is 14.0. The number of anilines is 1. The molecular weight excluding hydrogens is 514 g/mol. The highest BCUT2D eigenvalue weighted by molar-refractivity contribution is 5.90. The molecule has 7 rings (SSSR count). The number of aromatic nitrogens is 3. The van der Waals surface area contributed by atoms with E-state index < -0.39 is 0 Å². The molecule has 4 heterocycles. The van der Waals surface area contributed by atoms with E-state index in [4.69, 9.17) is 14.6 Å². The van der Waals surface area contributed by atoms with Crippen molar-refractivity contribution < 1.29 is 14.3 Å². The predicted octanol–water partition coefficient (Wildman–Crippen LogP) is 6.44. The van der Waals surface area contributed by atoms with Crippen LogP contribution in [0.15, 0.2) is 91.1 Å². The van der Waals surface area contributed by atoms with Crippen LogP contribution in [0.2, 0.25) is 0 Å². The summed E-state index contributed by atoms with van der Waals surface area (Å²) in [6, 6.07) is 27.8. The quantitative estimate of drug-likeness (QED) is 0.282. The third kappa shape index (κ3) is 4.41. The molecule has 2 aliphatic rings. The van der Waals surface area contributed by atoms with E-state index in [1.807, 2.05) is 71.1 Å². The van der Waals surface area contributed by atoms with Gasteiger partial charge in [-0.15, -0.1) is 0 Å². The Bertz CT molecular complexity index is 1720. The number of nitrogens with zero attached hydrogens (tertiary/aromatic N) is 4. The number of aryl methyl sites for hydroxylation is 2. The Morgan fingerprint density at radius 1 is 0.951 bits per heavy atom. The molecule has 2 aliphatic heterocycles. The van der Waals surface area contributed by atoms with Crippen molar-refractivity contribution in [1.82, 2.24) is 19.2 Å². The van der Waals surface area contributed by atoms with Gasteiger partial charge in [-0.25, -0.2) is 9.48 Å². The van der Waals surface area contributed by atoms with E-state index in [-0.39, 0.29) is 12.1 Å². The Hall–Kier alpha value is -4.98. The molecule has 2 amide bonds. The molecule has 206 valence electrons. The zero-order valence-corrected chi connectivity index (χ0v) is 23.1.